The first-order valence-electron chi connectivity index (χ1n) is 4.05. The predicted molar refractivity (Wildman–Crippen MR) is 48.0 cm³/mol. The number of nitrogen functional groups attached to an aromatic ring is 1. The van der Waals surface area contributed by atoms with Crippen LogP contribution in [0, 0.1) is 6.92 Å². The SMILES string of the molecule is Cc1cc(N)c(CN)nc1OC(F)(F)F. The van der Waals surface area contributed by atoms with E-state index in [2.05, 4.69) is 9.72 Å². The van der Waals surface area contributed by atoms with E-state index in [0.29, 0.717) is 0 Å². The molecular weight excluding hydrogens is 211 g/mol. The van der Waals surface area contributed by atoms with Crippen LogP contribution in [-0.4, -0.2) is 11.3 Å². The van der Waals surface area contributed by atoms with Gasteiger partial charge >= 0.3 is 6.36 Å². The molecule has 0 aliphatic carbocycles. The minimum absolute atomic E-state index is 0.0413. The summed E-state index contributed by atoms with van der Waals surface area (Å²) in [6.45, 7) is 1.38. The molecule has 0 saturated carbocycles. The fourth-order valence-corrected chi connectivity index (χ4v) is 1.03. The van der Waals surface area contributed by atoms with Crippen molar-refractivity contribution in [1.82, 2.24) is 4.98 Å². The van der Waals surface area contributed by atoms with Crippen molar-refractivity contribution in [2.75, 3.05) is 5.73 Å². The van der Waals surface area contributed by atoms with E-state index < -0.39 is 12.2 Å². The Bertz CT molecular complexity index is 365. The minimum Gasteiger partial charge on any atom is -0.397 e. The highest BCUT2D eigenvalue weighted by molar-refractivity contribution is 5.48. The second-order valence-corrected chi connectivity index (χ2v) is 2.90. The smallest absolute Gasteiger partial charge is 0.397 e. The summed E-state index contributed by atoms with van der Waals surface area (Å²) in [7, 11) is 0. The van der Waals surface area contributed by atoms with Crippen LogP contribution in [-0.2, 0) is 6.54 Å². The van der Waals surface area contributed by atoms with Gasteiger partial charge in [-0.2, -0.15) is 0 Å². The van der Waals surface area contributed by atoms with Crippen LogP contribution >= 0.6 is 0 Å². The molecule has 4 nitrogen and oxygen atoms in total. The van der Waals surface area contributed by atoms with Gasteiger partial charge in [-0.1, -0.05) is 0 Å². The van der Waals surface area contributed by atoms with E-state index in [-0.39, 0.29) is 23.5 Å². The molecule has 4 N–H and O–H groups in total. The monoisotopic (exact) mass is 221 g/mol. The van der Waals surface area contributed by atoms with Gasteiger partial charge < -0.3 is 16.2 Å². The lowest BCUT2D eigenvalue weighted by atomic mass is 10.2. The molecule has 0 amide bonds. The van der Waals surface area contributed by atoms with Gasteiger partial charge in [0.1, 0.15) is 0 Å². The van der Waals surface area contributed by atoms with Crippen LogP contribution in [0.1, 0.15) is 11.3 Å². The summed E-state index contributed by atoms with van der Waals surface area (Å²) in [6, 6.07) is 1.34. The van der Waals surface area contributed by atoms with E-state index in [1.807, 2.05) is 0 Å². The molecule has 0 radical (unpaired) electrons. The lowest BCUT2D eigenvalue weighted by Gasteiger charge is -2.12. The third-order valence-corrected chi connectivity index (χ3v) is 1.68. The summed E-state index contributed by atoms with van der Waals surface area (Å²) < 4.78 is 39.5. The number of aryl methyl sites for hydroxylation is 1. The lowest BCUT2D eigenvalue weighted by molar-refractivity contribution is -0.276. The van der Waals surface area contributed by atoms with Crippen LogP contribution in [0.5, 0.6) is 5.88 Å². The first-order chi connectivity index (χ1) is 6.83. The van der Waals surface area contributed by atoms with E-state index in [4.69, 9.17) is 11.5 Å². The van der Waals surface area contributed by atoms with Gasteiger partial charge in [0.15, 0.2) is 0 Å². The second kappa shape index (κ2) is 3.93. The van der Waals surface area contributed by atoms with Gasteiger partial charge in [0.2, 0.25) is 5.88 Å². The van der Waals surface area contributed by atoms with Gasteiger partial charge in [0, 0.05) is 12.1 Å². The summed E-state index contributed by atoms with van der Waals surface area (Å²) in [5.74, 6) is -0.517. The molecule has 0 unspecified atom stereocenters. The molecule has 7 heteroatoms. The summed E-state index contributed by atoms with van der Waals surface area (Å²) >= 11 is 0. The van der Waals surface area contributed by atoms with E-state index in [0.717, 1.165) is 0 Å². The first-order valence-corrected chi connectivity index (χ1v) is 4.05. The molecule has 0 aromatic carbocycles. The molecule has 0 aliphatic rings. The van der Waals surface area contributed by atoms with Crippen LogP contribution < -0.4 is 16.2 Å². The number of hydrogen-bond acceptors (Lipinski definition) is 4. The third kappa shape index (κ3) is 2.98. The first kappa shape index (κ1) is 11.6. The average Bonchev–Trinajstić information content (AvgIpc) is 2.07. The van der Waals surface area contributed by atoms with Gasteiger partial charge in [-0.25, -0.2) is 4.98 Å². The van der Waals surface area contributed by atoms with Crippen molar-refractivity contribution in [1.29, 1.82) is 0 Å². The highest BCUT2D eigenvalue weighted by Crippen LogP contribution is 2.26. The number of nitrogens with two attached hydrogens (primary N) is 2. The molecule has 84 valence electrons. The zero-order valence-electron chi connectivity index (χ0n) is 7.93. The number of halogens is 3. The molecule has 0 spiro atoms. The summed E-state index contributed by atoms with van der Waals surface area (Å²) in [6.07, 6.45) is -4.76. The minimum atomic E-state index is -4.76. The fourth-order valence-electron chi connectivity index (χ4n) is 1.03. The van der Waals surface area contributed by atoms with Crippen LogP contribution in [0.3, 0.4) is 0 Å². The molecule has 0 atom stereocenters. The van der Waals surface area contributed by atoms with Crippen LogP contribution in [0.4, 0.5) is 18.9 Å². The number of alkyl halides is 3. The normalized spacial score (nSPS) is 11.5. The zero-order valence-corrected chi connectivity index (χ0v) is 7.93. The number of rotatable bonds is 2. The Hall–Kier alpha value is -1.50. The number of aromatic nitrogens is 1. The highest BCUT2D eigenvalue weighted by Gasteiger charge is 2.32. The molecule has 0 aliphatic heterocycles. The number of hydrogen-bond donors (Lipinski definition) is 2. The Morgan fingerprint density at radius 2 is 2.07 bits per heavy atom. The number of pyridine rings is 1. The van der Waals surface area contributed by atoms with Crippen molar-refractivity contribution in [3.8, 4) is 5.88 Å². The maximum Gasteiger partial charge on any atom is 0.574 e. The van der Waals surface area contributed by atoms with E-state index >= 15 is 0 Å². The van der Waals surface area contributed by atoms with E-state index in [9.17, 15) is 13.2 Å². The summed E-state index contributed by atoms with van der Waals surface area (Å²) in [5.41, 5.74) is 11.4. The molecule has 1 heterocycles. The average molecular weight is 221 g/mol. The highest BCUT2D eigenvalue weighted by atomic mass is 19.4. The fraction of sp³-hybridized carbons (Fsp3) is 0.375. The van der Waals surface area contributed by atoms with Crippen molar-refractivity contribution in [3.63, 3.8) is 0 Å². The van der Waals surface area contributed by atoms with E-state index in [1.165, 1.54) is 13.0 Å². The summed E-state index contributed by atoms with van der Waals surface area (Å²) in [4.78, 5) is 3.58. The maximum absolute atomic E-state index is 11.9. The molecule has 0 bridgehead atoms. The Morgan fingerprint density at radius 3 is 2.53 bits per heavy atom. The molecule has 1 rings (SSSR count). The van der Waals surface area contributed by atoms with Crippen molar-refractivity contribution in [2.45, 2.75) is 19.8 Å². The van der Waals surface area contributed by atoms with Gasteiger partial charge in [-0.05, 0) is 13.0 Å². The zero-order chi connectivity index (χ0) is 11.6. The van der Waals surface area contributed by atoms with Gasteiger partial charge in [-0.15, -0.1) is 13.2 Å². The maximum atomic E-state index is 11.9. The topological polar surface area (TPSA) is 74.2 Å². The number of ether oxygens (including phenoxy) is 1. The molecular formula is C8H10F3N3O. The predicted octanol–water partition coefficient (Wildman–Crippen LogP) is 1.33. The van der Waals surface area contributed by atoms with Gasteiger partial charge in [0.05, 0.1) is 11.4 Å². The Kier molecular flexibility index (Phi) is 3.04. The Labute approximate surface area is 84.0 Å². The standard InChI is InChI=1S/C8H10F3N3O/c1-4-2-5(13)6(3-12)14-7(4)15-8(9,10)11/h2H,3,12-13H2,1H3. The lowest BCUT2D eigenvalue weighted by Crippen LogP contribution is -2.19. The number of anilines is 1. The summed E-state index contributed by atoms with van der Waals surface area (Å²) in [5, 5.41) is 0. The van der Waals surface area contributed by atoms with Crippen molar-refractivity contribution >= 4 is 5.69 Å². The second-order valence-electron chi connectivity index (χ2n) is 2.90. The Balaban J connectivity index is 3.08. The largest absolute Gasteiger partial charge is 0.574 e. The number of nitrogens with zero attached hydrogens (tertiary/aromatic N) is 1. The van der Waals surface area contributed by atoms with Crippen molar-refractivity contribution < 1.29 is 17.9 Å². The van der Waals surface area contributed by atoms with Crippen LogP contribution in [0.15, 0.2) is 6.07 Å². The molecule has 0 fully saturated rings. The third-order valence-electron chi connectivity index (χ3n) is 1.68. The Morgan fingerprint density at radius 1 is 1.47 bits per heavy atom. The molecule has 1 aromatic rings. The van der Waals surface area contributed by atoms with Gasteiger partial charge in [0.25, 0.3) is 0 Å². The van der Waals surface area contributed by atoms with Crippen LogP contribution in [0.2, 0.25) is 0 Å². The quantitative estimate of drug-likeness (QED) is 0.790. The van der Waals surface area contributed by atoms with E-state index in [1.54, 1.807) is 0 Å². The molecule has 1 aromatic heterocycles. The molecule has 0 saturated heterocycles. The van der Waals surface area contributed by atoms with Crippen molar-refractivity contribution in [3.05, 3.63) is 17.3 Å². The van der Waals surface area contributed by atoms with Crippen molar-refractivity contribution in [2.24, 2.45) is 5.73 Å². The van der Waals surface area contributed by atoms with Gasteiger partial charge in [-0.3, -0.25) is 0 Å². The van der Waals surface area contributed by atoms with Crippen LogP contribution in [0.25, 0.3) is 0 Å². The molecule has 15 heavy (non-hydrogen) atoms.